The summed E-state index contributed by atoms with van der Waals surface area (Å²) in [4.78, 5) is 12.1. The summed E-state index contributed by atoms with van der Waals surface area (Å²) < 4.78 is 67.0. The molecule has 1 aliphatic heterocycles. The van der Waals surface area contributed by atoms with Gasteiger partial charge in [-0.2, -0.15) is 13.2 Å². The van der Waals surface area contributed by atoms with Crippen LogP contribution >= 0.6 is 0 Å². The lowest BCUT2D eigenvalue weighted by Crippen LogP contribution is -2.47. The second kappa shape index (κ2) is 7.16. The number of hydrogen-bond acceptors (Lipinski definition) is 4. The minimum Gasteiger partial charge on any atom is -0.380 e. The molecule has 0 radical (unpaired) electrons. The predicted molar refractivity (Wildman–Crippen MR) is 75.0 cm³/mol. The predicted octanol–water partition coefficient (Wildman–Crippen LogP) is 1.39. The summed E-state index contributed by atoms with van der Waals surface area (Å²) >= 11 is 0. The molecule has 5 nitrogen and oxygen atoms in total. The van der Waals surface area contributed by atoms with E-state index in [0.717, 1.165) is 0 Å². The van der Waals surface area contributed by atoms with Gasteiger partial charge in [-0.1, -0.05) is 13.8 Å². The molecule has 1 fully saturated rings. The van der Waals surface area contributed by atoms with E-state index in [9.17, 15) is 26.4 Å². The quantitative estimate of drug-likeness (QED) is 0.790. The van der Waals surface area contributed by atoms with Crippen molar-refractivity contribution >= 4 is 15.7 Å². The average molecular weight is 345 g/mol. The van der Waals surface area contributed by atoms with E-state index in [-0.39, 0.29) is 12.5 Å². The van der Waals surface area contributed by atoms with Crippen molar-refractivity contribution in [3.05, 3.63) is 0 Å². The van der Waals surface area contributed by atoms with E-state index >= 15 is 0 Å². The monoisotopic (exact) mass is 345 g/mol. The van der Waals surface area contributed by atoms with Crippen molar-refractivity contribution < 1.29 is 31.1 Å². The Hall–Kier alpha value is -0.830. The maximum atomic E-state index is 12.9. The number of nitrogens with one attached hydrogen (secondary N) is 1. The topological polar surface area (TPSA) is 72.5 Å². The first-order valence-corrected chi connectivity index (χ1v) is 8.95. The second-order valence-corrected chi connectivity index (χ2v) is 8.00. The maximum absolute atomic E-state index is 12.9. The van der Waals surface area contributed by atoms with E-state index in [2.05, 4.69) is 5.32 Å². The van der Waals surface area contributed by atoms with Crippen molar-refractivity contribution in [3.8, 4) is 0 Å². The lowest BCUT2D eigenvalue weighted by atomic mass is 9.93. The Balaban J connectivity index is 2.85. The minimum atomic E-state index is -4.71. The Morgan fingerprint density at radius 2 is 1.91 bits per heavy atom. The highest BCUT2D eigenvalue weighted by Crippen LogP contribution is 2.39. The SMILES string of the molecule is CCOCC(NC(=O)C1CS(=O)(=O)CC1C(F)(F)F)C(C)C. The van der Waals surface area contributed by atoms with Gasteiger partial charge in [-0.3, -0.25) is 4.79 Å². The molecule has 22 heavy (non-hydrogen) atoms. The van der Waals surface area contributed by atoms with Crippen LogP contribution in [-0.2, 0) is 19.4 Å². The van der Waals surface area contributed by atoms with E-state index in [1.165, 1.54) is 0 Å². The zero-order chi connectivity index (χ0) is 17.1. The van der Waals surface area contributed by atoms with Crippen LogP contribution in [0.4, 0.5) is 13.2 Å². The van der Waals surface area contributed by atoms with Crippen LogP contribution in [0.5, 0.6) is 0 Å². The Labute approximate surface area is 128 Å². The third kappa shape index (κ3) is 5.12. The molecule has 1 rings (SSSR count). The standard InChI is InChI=1S/C13H22F3NO4S/c1-4-21-5-11(8(2)3)17-12(18)9-6-22(19,20)7-10(9)13(14,15)16/h8-11H,4-7H2,1-3H3,(H,17,18). The third-order valence-corrected chi connectivity index (χ3v) is 5.48. The molecule has 0 aromatic carbocycles. The van der Waals surface area contributed by atoms with Gasteiger partial charge < -0.3 is 10.1 Å². The Bertz CT molecular complexity index is 490. The Morgan fingerprint density at radius 3 is 2.36 bits per heavy atom. The van der Waals surface area contributed by atoms with Crippen LogP contribution in [0.15, 0.2) is 0 Å². The van der Waals surface area contributed by atoms with Crippen LogP contribution in [0.25, 0.3) is 0 Å². The first-order valence-electron chi connectivity index (χ1n) is 7.13. The van der Waals surface area contributed by atoms with Crippen molar-refractivity contribution in [1.29, 1.82) is 0 Å². The zero-order valence-electron chi connectivity index (χ0n) is 12.8. The number of rotatable bonds is 6. The number of hydrogen-bond donors (Lipinski definition) is 1. The van der Waals surface area contributed by atoms with Crippen molar-refractivity contribution in [2.24, 2.45) is 17.8 Å². The number of ether oxygens (including phenoxy) is 1. The number of amides is 1. The molecule has 1 N–H and O–H groups in total. The number of alkyl halides is 3. The molecule has 3 unspecified atom stereocenters. The van der Waals surface area contributed by atoms with E-state index in [0.29, 0.717) is 6.61 Å². The van der Waals surface area contributed by atoms with E-state index in [4.69, 9.17) is 4.74 Å². The lowest BCUT2D eigenvalue weighted by Gasteiger charge is -2.26. The van der Waals surface area contributed by atoms with E-state index < -0.39 is 51.3 Å². The fourth-order valence-electron chi connectivity index (χ4n) is 2.36. The highest BCUT2D eigenvalue weighted by Gasteiger charge is 2.55. The van der Waals surface area contributed by atoms with Crippen LogP contribution in [0.2, 0.25) is 0 Å². The molecule has 0 bridgehead atoms. The van der Waals surface area contributed by atoms with Gasteiger partial charge in [-0.25, -0.2) is 8.42 Å². The largest absolute Gasteiger partial charge is 0.393 e. The summed E-state index contributed by atoms with van der Waals surface area (Å²) in [5.41, 5.74) is 0. The summed E-state index contributed by atoms with van der Waals surface area (Å²) in [6, 6.07) is -0.454. The summed E-state index contributed by atoms with van der Waals surface area (Å²) in [5, 5.41) is 2.50. The van der Waals surface area contributed by atoms with Crippen LogP contribution in [-0.4, -0.2) is 51.3 Å². The second-order valence-electron chi connectivity index (χ2n) is 5.85. The summed E-state index contributed by atoms with van der Waals surface area (Å²) in [5.74, 6) is -6.43. The molecule has 9 heteroatoms. The number of carbonyl (C=O) groups excluding carboxylic acids is 1. The van der Waals surface area contributed by atoms with Gasteiger partial charge in [0, 0.05) is 6.61 Å². The smallest absolute Gasteiger partial charge is 0.380 e. The summed E-state index contributed by atoms with van der Waals surface area (Å²) in [7, 11) is -3.86. The van der Waals surface area contributed by atoms with Gasteiger partial charge >= 0.3 is 6.18 Å². The van der Waals surface area contributed by atoms with Crippen molar-refractivity contribution in [1.82, 2.24) is 5.32 Å². The molecule has 1 amide bonds. The van der Waals surface area contributed by atoms with Gasteiger partial charge in [-0.15, -0.1) is 0 Å². The first kappa shape index (κ1) is 19.2. The molecule has 0 saturated carbocycles. The zero-order valence-corrected chi connectivity index (χ0v) is 13.6. The Kier molecular flexibility index (Phi) is 6.26. The van der Waals surface area contributed by atoms with Crippen LogP contribution in [0, 0.1) is 17.8 Å². The van der Waals surface area contributed by atoms with E-state index in [1.54, 1.807) is 20.8 Å². The van der Waals surface area contributed by atoms with Gasteiger partial charge in [0.1, 0.15) is 0 Å². The fourth-order valence-corrected chi connectivity index (χ4v) is 4.40. The molecule has 130 valence electrons. The molecule has 1 saturated heterocycles. The molecular weight excluding hydrogens is 323 g/mol. The highest BCUT2D eigenvalue weighted by molar-refractivity contribution is 7.91. The molecule has 3 atom stereocenters. The molecule has 0 aromatic heterocycles. The van der Waals surface area contributed by atoms with Gasteiger partial charge in [0.05, 0.1) is 36.0 Å². The fraction of sp³-hybridized carbons (Fsp3) is 0.923. The van der Waals surface area contributed by atoms with Gasteiger partial charge in [0.15, 0.2) is 9.84 Å². The number of sulfone groups is 1. The van der Waals surface area contributed by atoms with Gasteiger partial charge in [0.25, 0.3) is 0 Å². The summed E-state index contributed by atoms with van der Waals surface area (Å²) in [6.45, 7) is 5.97. The molecular formula is C13H22F3NO4S. The molecule has 0 spiro atoms. The average Bonchev–Trinajstić information content (AvgIpc) is 2.70. The molecule has 0 aromatic rings. The van der Waals surface area contributed by atoms with Crippen LogP contribution in [0.3, 0.4) is 0 Å². The van der Waals surface area contributed by atoms with Crippen LogP contribution in [0.1, 0.15) is 20.8 Å². The van der Waals surface area contributed by atoms with Crippen molar-refractivity contribution in [3.63, 3.8) is 0 Å². The van der Waals surface area contributed by atoms with Crippen LogP contribution < -0.4 is 5.32 Å². The minimum absolute atomic E-state index is 0.0437. The third-order valence-electron chi connectivity index (χ3n) is 3.74. The molecule has 1 aliphatic rings. The normalized spacial score (nSPS) is 26.1. The molecule has 0 aliphatic carbocycles. The van der Waals surface area contributed by atoms with Crippen molar-refractivity contribution in [2.75, 3.05) is 24.7 Å². The number of carbonyl (C=O) groups is 1. The van der Waals surface area contributed by atoms with Crippen molar-refractivity contribution in [2.45, 2.75) is 33.0 Å². The highest BCUT2D eigenvalue weighted by atomic mass is 32.2. The lowest BCUT2D eigenvalue weighted by molar-refractivity contribution is -0.181. The maximum Gasteiger partial charge on any atom is 0.393 e. The van der Waals surface area contributed by atoms with Gasteiger partial charge in [0.2, 0.25) is 5.91 Å². The first-order chi connectivity index (χ1) is 9.98. The molecule has 1 heterocycles. The Morgan fingerprint density at radius 1 is 1.32 bits per heavy atom. The summed E-state index contributed by atoms with van der Waals surface area (Å²) in [6.07, 6.45) is -4.71. The van der Waals surface area contributed by atoms with Gasteiger partial charge in [-0.05, 0) is 12.8 Å². The number of halogens is 3. The van der Waals surface area contributed by atoms with E-state index in [1.807, 2.05) is 0 Å².